The molecule has 0 aliphatic heterocycles. The average molecular weight is 311 g/mol. The Morgan fingerprint density at radius 1 is 1.38 bits per heavy atom. The summed E-state index contributed by atoms with van der Waals surface area (Å²) in [6.45, 7) is 1.68. The number of hydrogen-bond acceptors (Lipinski definition) is 4. The van der Waals surface area contributed by atoms with Crippen molar-refractivity contribution in [1.29, 1.82) is 0 Å². The van der Waals surface area contributed by atoms with Crippen molar-refractivity contribution in [3.05, 3.63) is 29.3 Å². The Labute approximate surface area is 126 Å². The summed E-state index contributed by atoms with van der Waals surface area (Å²) in [7, 11) is 3.16. The van der Waals surface area contributed by atoms with Crippen molar-refractivity contribution < 1.29 is 9.59 Å². The SMILES string of the molecule is CNC(=O)c1nn(C)cc1NC(=O)C(C)n1cc(Cl)cn1. The van der Waals surface area contributed by atoms with Gasteiger partial charge in [-0.15, -0.1) is 0 Å². The van der Waals surface area contributed by atoms with Crippen LogP contribution in [0.3, 0.4) is 0 Å². The molecule has 0 saturated carbocycles. The van der Waals surface area contributed by atoms with Crippen LogP contribution in [0.15, 0.2) is 18.6 Å². The minimum absolute atomic E-state index is 0.152. The summed E-state index contributed by atoms with van der Waals surface area (Å²) in [4.78, 5) is 23.9. The Bertz CT molecular complexity index is 677. The summed E-state index contributed by atoms with van der Waals surface area (Å²) < 4.78 is 2.89. The number of amides is 2. The third-order valence-electron chi connectivity index (χ3n) is 2.88. The molecule has 0 saturated heterocycles. The van der Waals surface area contributed by atoms with E-state index < -0.39 is 6.04 Å². The molecule has 2 rings (SSSR count). The first-order valence-electron chi connectivity index (χ1n) is 6.18. The van der Waals surface area contributed by atoms with E-state index in [4.69, 9.17) is 11.6 Å². The molecule has 0 spiro atoms. The molecule has 0 fully saturated rings. The second-order valence-corrected chi connectivity index (χ2v) is 4.88. The fourth-order valence-electron chi connectivity index (χ4n) is 1.75. The van der Waals surface area contributed by atoms with Crippen molar-refractivity contribution in [3.63, 3.8) is 0 Å². The van der Waals surface area contributed by atoms with Crippen LogP contribution in [0.1, 0.15) is 23.5 Å². The van der Waals surface area contributed by atoms with Crippen LogP contribution in [0.4, 0.5) is 5.69 Å². The van der Waals surface area contributed by atoms with Gasteiger partial charge in [-0.1, -0.05) is 11.6 Å². The van der Waals surface area contributed by atoms with Crippen LogP contribution >= 0.6 is 11.6 Å². The van der Waals surface area contributed by atoms with Crippen molar-refractivity contribution in [2.24, 2.45) is 7.05 Å². The lowest BCUT2D eigenvalue weighted by Crippen LogP contribution is -2.26. The van der Waals surface area contributed by atoms with Gasteiger partial charge in [0.25, 0.3) is 5.91 Å². The van der Waals surface area contributed by atoms with Gasteiger partial charge in [0, 0.05) is 26.5 Å². The Morgan fingerprint density at radius 3 is 2.67 bits per heavy atom. The quantitative estimate of drug-likeness (QED) is 0.874. The van der Waals surface area contributed by atoms with Gasteiger partial charge in [0.2, 0.25) is 5.91 Å². The number of rotatable bonds is 4. The number of nitrogens with zero attached hydrogens (tertiary/aromatic N) is 4. The van der Waals surface area contributed by atoms with Crippen LogP contribution in [0.2, 0.25) is 5.02 Å². The smallest absolute Gasteiger partial charge is 0.273 e. The second kappa shape index (κ2) is 5.96. The molecule has 9 heteroatoms. The second-order valence-electron chi connectivity index (χ2n) is 4.45. The van der Waals surface area contributed by atoms with Crippen LogP contribution in [0.25, 0.3) is 0 Å². The van der Waals surface area contributed by atoms with E-state index in [-0.39, 0.29) is 17.5 Å². The zero-order valence-electron chi connectivity index (χ0n) is 11.8. The molecule has 112 valence electrons. The topological polar surface area (TPSA) is 93.8 Å². The highest BCUT2D eigenvalue weighted by atomic mass is 35.5. The van der Waals surface area contributed by atoms with E-state index in [1.807, 2.05) is 0 Å². The maximum absolute atomic E-state index is 12.2. The van der Waals surface area contributed by atoms with Gasteiger partial charge < -0.3 is 10.6 Å². The molecule has 2 aromatic heterocycles. The first-order chi connectivity index (χ1) is 9.92. The van der Waals surface area contributed by atoms with Gasteiger partial charge in [-0.05, 0) is 6.92 Å². The average Bonchev–Trinajstić information content (AvgIpc) is 3.03. The molecular formula is C12H15ClN6O2. The third-order valence-corrected chi connectivity index (χ3v) is 3.07. The van der Waals surface area contributed by atoms with Gasteiger partial charge in [0.05, 0.1) is 16.9 Å². The van der Waals surface area contributed by atoms with Crippen molar-refractivity contribution in [3.8, 4) is 0 Å². The lowest BCUT2D eigenvalue weighted by molar-refractivity contribution is -0.119. The fraction of sp³-hybridized carbons (Fsp3) is 0.333. The van der Waals surface area contributed by atoms with Gasteiger partial charge in [0.1, 0.15) is 6.04 Å². The number of nitrogens with one attached hydrogen (secondary N) is 2. The normalized spacial score (nSPS) is 12.0. The molecule has 2 aromatic rings. The van der Waals surface area contributed by atoms with Gasteiger partial charge >= 0.3 is 0 Å². The minimum atomic E-state index is -0.574. The number of anilines is 1. The number of aryl methyl sites for hydroxylation is 1. The summed E-state index contributed by atoms with van der Waals surface area (Å²) in [5.41, 5.74) is 0.492. The van der Waals surface area contributed by atoms with Gasteiger partial charge in [-0.3, -0.25) is 19.0 Å². The van der Waals surface area contributed by atoms with Crippen LogP contribution in [0, 0.1) is 0 Å². The van der Waals surface area contributed by atoms with Gasteiger partial charge in [-0.25, -0.2) is 0 Å². The summed E-state index contributed by atoms with van der Waals surface area (Å²) in [6, 6.07) is -0.574. The number of aromatic nitrogens is 4. The zero-order chi connectivity index (χ0) is 15.6. The highest BCUT2D eigenvalue weighted by Gasteiger charge is 2.21. The zero-order valence-corrected chi connectivity index (χ0v) is 12.5. The van der Waals surface area contributed by atoms with Crippen LogP contribution < -0.4 is 10.6 Å². The van der Waals surface area contributed by atoms with Crippen LogP contribution in [-0.4, -0.2) is 38.4 Å². The number of hydrogen-bond donors (Lipinski definition) is 2. The van der Waals surface area contributed by atoms with Gasteiger partial charge in [0.15, 0.2) is 5.69 Å². The molecule has 0 aromatic carbocycles. The summed E-state index contributed by atoms with van der Waals surface area (Å²) in [5.74, 6) is -0.700. The molecule has 1 unspecified atom stereocenters. The highest BCUT2D eigenvalue weighted by Crippen LogP contribution is 2.17. The molecule has 0 aliphatic rings. The van der Waals surface area contributed by atoms with Crippen molar-refractivity contribution in [2.75, 3.05) is 12.4 Å². The molecule has 8 nitrogen and oxygen atoms in total. The lowest BCUT2D eigenvalue weighted by Gasteiger charge is -2.12. The molecule has 2 heterocycles. The summed E-state index contributed by atoms with van der Waals surface area (Å²) in [6.07, 6.45) is 4.56. The Hall–Kier alpha value is -2.35. The Morgan fingerprint density at radius 2 is 2.10 bits per heavy atom. The number of carbonyl (C=O) groups excluding carboxylic acids is 2. The van der Waals surface area contributed by atoms with Crippen molar-refractivity contribution in [2.45, 2.75) is 13.0 Å². The monoisotopic (exact) mass is 310 g/mol. The lowest BCUT2D eigenvalue weighted by atomic mass is 10.3. The highest BCUT2D eigenvalue weighted by molar-refractivity contribution is 6.30. The van der Waals surface area contributed by atoms with E-state index in [9.17, 15) is 9.59 Å². The molecule has 1 atom stereocenters. The molecule has 21 heavy (non-hydrogen) atoms. The maximum atomic E-state index is 12.2. The molecule has 2 N–H and O–H groups in total. The Kier molecular flexibility index (Phi) is 4.27. The van der Waals surface area contributed by atoms with E-state index in [0.717, 1.165) is 0 Å². The molecule has 0 aliphatic carbocycles. The van der Waals surface area contributed by atoms with Gasteiger partial charge in [-0.2, -0.15) is 10.2 Å². The van der Waals surface area contributed by atoms with E-state index in [1.165, 1.54) is 22.6 Å². The number of carbonyl (C=O) groups is 2. The van der Waals surface area contributed by atoms with Crippen LogP contribution in [-0.2, 0) is 11.8 Å². The Balaban J connectivity index is 2.18. The summed E-state index contributed by atoms with van der Waals surface area (Å²) >= 11 is 5.78. The van der Waals surface area contributed by atoms with Crippen LogP contribution in [0.5, 0.6) is 0 Å². The number of halogens is 1. The molecule has 0 radical (unpaired) electrons. The predicted molar refractivity (Wildman–Crippen MR) is 77.2 cm³/mol. The minimum Gasteiger partial charge on any atom is -0.354 e. The third kappa shape index (κ3) is 3.22. The maximum Gasteiger partial charge on any atom is 0.273 e. The van der Waals surface area contributed by atoms with Crippen molar-refractivity contribution >= 4 is 29.1 Å². The largest absolute Gasteiger partial charge is 0.354 e. The summed E-state index contributed by atoms with van der Waals surface area (Å²) in [5, 5.41) is 13.6. The predicted octanol–water partition coefficient (Wildman–Crippen LogP) is 0.829. The first kappa shape index (κ1) is 15.0. The van der Waals surface area contributed by atoms with E-state index in [0.29, 0.717) is 10.7 Å². The molecule has 2 amide bonds. The van der Waals surface area contributed by atoms with E-state index in [2.05, 4.69) is 20.8 Å². The van der Waals surface area contributed by atoms with Crippen molar-refractivity contribution in [1.82, 2.24) is 24.9 Å². The fourth-order valence-corrected chi connectivity index (χ4v) is 1.89. The first-order valence-corrected chi connectivity index (χ1v) is 6.56. The molecule has 0 bridgehead atoms. The molecular weight excluding hydrogens is 296 g/mol. The standard InChI is InChI=1S/C12H15ClN6O2/c1-7(19-5-8(13)4-15-19)11(20)16-9-6-18(3)17-10(9)12(21)14-2/h4-7H,1-3H3,(H,14,21)(H,16,20). The van der Waals surface area contributed by atoms with E-state index >= 15 is 0 Å². The van der Waals surface area contributed by atoms with E-state index in [1.54, 1.807) is 26.4 Å².